The van der Waals surface area contributed by atoms with Crippen molar-refractivity contribution in [3.8, 4) is 11.4 Å². The highest BCUT2D eigenvalue weighted by molar-refractivity contribution is 7.08. The minimum Gasteiger partial charge on any atom is -0.472 e. The van der Waals surface area contributed by atoms with Gasteiger partial charge < -0.3 is 14.2 Å². The summed E-state index contributed by atoms with van der Waals surface area (Å²) in [5.74, 6) is 1.69. The summed E-state index contributed by atoms with van der Waals surface area (Å²) in [5.41, 5.74) is 2.57. The average molecular weight is 390 g/mol. The molecule has 1 amide bonds. The van der Waals surface area contributed by atoms with Gasteiger partial charge in [-0.3, -0.25) is 4.79 Å². The first-order valence-corrected chi connectivity index (χ1v) is 10.1. The Morgan fingerprint density at radius 2 is 1.89 bits per heavy atom. The third kappa shape index (κ3) is 3.03. The Bertz CT molecular complexity index is 1100. The number of para-hydroxylation sites is 1. The molecule has 0 radical (unpaired) electrons. The number of hydrogen-bond acceptors (Lipinski definition) is 6. The summed E-state index contributed by atoms with van der Waals surface area (Å²) < 4.78 is 5.04. The number of hydrogen-bond donors (Lipinski definition) is 0. The molecule has 0 aliphatic carbocycles. The zero-order valence-electron chi connectivity index (χ0n) is 15.1. The number of benzene rings is 1. The minimum absolute atomic E-state index is 0.0138. The van der Waals surface area contributed by atoms with Crippen molar-refractivity contribution in [2.24, 2.45) is 0 Å². The van der Waals surface area contributed by atoms with Gasteiger partial charge in [0.1, 0.15) is 12.1 Å². The molecule has 1 aliphatic rings. The Labute approximate surface area is 166 Å². The third-order valence-electron chi connectivity index (χ3n) is 5.00. The maximum Gasteiger partial charge on any atom is 0.257 e. The van der Waals surface area contributed by atoms with E-state index in [0.717, 1.165) is 41.2 Å². The van der Waals surface area contributed by atoms with Crippen molar-refractivity contribution < 1.29 is 9.21 Å². The van der Waals surface area contributed by atoms with Gasteiger partial charge in [-0.15, -0.1) is 0 Å². The van der Waals surface area contributed by atoms with Gasteiger partial charge in [0.25, 0.3) is 5.91 Å². The molecule has 4 heterocycles. The predicted octanol–water partition coefficient (Wildman–Crippen LogP) is 3.91. The van der Waals surface area contributed by atoms with Crippen LogP contribution >= 0.6 is 11.3 Å². The number of nitrogens with zero attached hydrogens (tertiary/aromatic N) is 4. The van der Waals surface area contributed by atoms with E-state index in [1.165, 1.54) is 12.5 Å². The lowest BCUT2D eigenvalue weighted by Gasteiger charge is -2.35. The second-order valence-electron chi connectivity index (χ2n) is 6.69. The zero-order chi connectivity index (χ0) is 18.9. The summed E-state index contributed by atoms with van der Waals surface area (Å²) in [4.78, 5) is 26.3. The molecular weight excluding hydrogens is 372 g/mol. The van der Waals surface area contributed by atoms with E-state index in [2.05, 4.69) is 16.3 Å². The maximum atomic E-state index is 12.5. The van der Waals surface area contributed by atoms with Crippen molar-refractivity contribution in [1.82, 2.24) is 14.9 Å². The first kappa shape index (κ1) is 16.9. The van der Waals surface area contributed by atoms with Crippen molar-refractivity contribution in [3.63, 3.8) is 0 Å². The minimum atomic E-state index is 0.0138. The fourth-order valence-corrected chi connectivity index (χ4v) is 4.15. The summed E-state index contributed by atoms with van der Waals surface area (Å²) in [6.07, 6.45) is 3.03. The SMILES string of the molecule is O=C(c1ccoc1)N1CCN(c2nc(-c3ccsc3)nc3ccccc23)CC1. The molecule has 28 heavy (non-hydrogen) atoms. The van der Waals surface area contributed by atoms with Gasteiger partial charge in [0.15, 0.2) is 5.82 Å². The van der Waals surface area contributed by atoms with E-state index in [1.54, 1.807) is 17.4 Å². The van der Waals surface area contributed by atoms with Crippen molar-refractivity contribution in [1.29, 1.82) is 0 Å². The predicted molar refractivity (Wildman–Crippen MR) is 110 cm³/mol. The van der Waals surface area contributed by atoms with E-state index in [4.69, 9.17) is 14.4 Å². The number of fused-ring (bicyclic) bond motifs is 1. The Morgan fingerprint density at radius 3 is 2.64 bits per heavy atom. The summed E-state index contributed by atoms with van der Waals surface area (Å²) in [7, 11) is 0. The van der Waals surface area contributed by atoms with Gasteiger partial charge in [0, 0.05) is 42.5 Å². The Morgan fingerprint density at radius 1 is 1.04 bits per heavy atom. The van der Waals surface area contributed by atoms with Crippen LogP contribution in [0.5, 0.6) is 0 Å². The summed E-state index contributed by atoms with van der Waals surface area (Å²) in [6, 6.07) is 11.8. The van der Waals surface area contributed by atoms with E-state index in [-0.39, 0.29) is 5.91 Å². The topological polar surface area (TPSA) is 62.5 Å². The molecule has 0 N–H and O–H groups in total. The standard InChI is InChI=1S/C21H18N4O2S/c26-21(15-5-11-27-13-15)25-9-7-24(8-10-25)20-17-3-1-2-4-18(17)22-19(23-20)16-6-12-28-14-16/h1-6,11-14H,7-10H2. The van der Waals surface area contributed by atoms with Crippen LogP contribution in [0.2, 0.25) is 0 Å². The summed E-state index contributed by atoms with van der Waals surface area (Å²) in [5, 5.41) is 5.14. The second kappa shape index (κ2) is 7.09. The molecule has 5 rings (SSSR count). The van der Waals surface area contributed by atoms with E-state index >= 15 is 0 Å². The van der Waals surface area contributed by atoms with Gasteiger partial charge in [0.2, 0.25) is 0 Å². The van der Waals surface area contributed by atoms with Gasteiger partial charge in [-0.25, -0.2) is 9.97 Å². The molecule has 3 aromatic heterocycles. The fraction of sp³-hybridized carbons (Fsp3) is 0.190. The van der Waals surface area contributed by atoms with Crippen LogP contribution in [0.1, 0.15) is 10.4 Å². The molecule has 7 heteroatoms. The molecule has 4 aromatic rings. The number of carbonyl (C=O) groups is 1. The fourth-order valence-electron chi connectivity index (χ4n) is 3.51. The Hall–Kier alpha value is -3.19. The number of piperazine rings is 1. The summed E-state index contributed by atoms with van der Waals surface area (Å²) in [6.45, 7) is 2.76. The van der Waals surface area contributed by atoms with E-state index in [0.29, 0.717) is 18.7 Å². The van der Waals surface area contributed by atoms with Gasteiger partial charge in [-0.2, -0.15) is 11.3 Å². The van der Waals surface area contributed by atoms with Crippen LogP contribution in [0.3, 0.4) is 0 Å². The molecule has 1 saturated heterocycles. The number of anilines is 1. The monoisotopic (exact) mass is 390 g/mol. The largest absolute Gasteiger partial charge is 0.472 e. The molecule has 0 unspecified atom stereocenters. The Kier molecular flexibility index (Phi) is 4.29. The second-order valence-corrected chi connectivity index (χ2v) is 7.47. The molecule has 1 aromatic carbocycles. The highest BCUT2D eigenvalue weighted by Gasteiger charge is 2.25. The van der Waals surface area contributed by atoms with Crippen molar-refractivity contribution in [2.45, 2.75) is 0 Å². The number of aromatic nitrogens is 2. The molecule has 0 atom stereocenters. The molecule has 140 valence electrons. The van der Waals surface area contributed by atoms with E-state index in [9.17, 15) is 4.79 Å². The zero-order valence-corrected chi connectivity index (χ0v) is 15.9. The van der Waals surface area contributed by atoms with Crippen molar-refractivity contribution >= 4 is 34.0 Å². The van der Waals surface area contributed by atoms with Gasteiger partial charge in [-0.05, 0) is 29.6 Å². The lowest BCUT2D eigenvalue weighted by molar-refractivity contribution is 0.0746. The molecule has 0 spiro atoms. The first-order valence-electron chi connectivity index (χ1n) is 9.15. The first-order chi connectivity index (χ1) is 13.8. The smallest absolute Gasteiger partial charge is 0.257 e. The van der Waals surface area contributed by atoms with Crippen molar-refractivity contribution in [3.05, 3.63) is 65.2 Å². The van der Waals surface area contributed by atoms with Crippen molar-refractivity contribution in [2.75, 3.05) is 31.1 Å². The van der Waals surface area contributed by atoms with Gasteiger partial charge in [0.05, 0.1) is 17.3 Å². The lowest BCUT2D eigenvalue weighted by Crippen LogP contribution is -2.49. The molecule has 1 fully saturated rings. The average Bonchev–Trinajstić information content (AvgIpc) is 3.47. The van der Waals surface area contributed by atoms with E-state index in [1.807, 2.05) is 34.5 Å². The number of furan rings is 1. The molecule has 0 saturated carbocycles. The lowest BCUT2D eigenvalue weighted by atomic mass is 10.2. The van der Waals surface area contributed by atoms with Crippen LogP contribution in [-0.2, 0) is 0 Å². The van der Waals surface area contributed by atoms with Crippen LogP contribution in [0, 0.1) is 0 Å². The van der Waals surface area contributed by atoms with Crippen LogP contribution in [0.4, 0.5) is 5.82 Å². The maximum absolute atomic E-state index is 12.5. The molecule has 1 aliphatic heterocycles. The molecule has 0 bridgehead atoms. The number of carbonyl (C=O) groups excluding carboxylic acids is 1. The highest BCUT2D eigenvalue weighted by atomic mass is 32.1. The van der Waals surface area contributed by atoms with Gasteiger partial charge >= 0.3 is 0 Å². The van der Waals surface area contributed by atoms with Gasteiger partial charge in [-0.1, -0.05) is 12.1 Å². The van der Waals surface area contributed by atoms with Crippen LogP contribution in [-0.4, -0.2) is 47.0 Å². The van der Waals surface area contributed by atoms with Crippen LogP contribution < -0.4 is 4.90 Å². The number of rotatable bonds is 3. The number of thiophene rings is 1. The highest BCUT2D eigenvalue weighted by Crippen LogP contribution is 2.29. The molecule has 6 nitrogen and oxygen atoms in total. The van der Waals surface area contributed by atoms with Crippen LogP contribution in [0.15, 0.2) is 64.1 Å². The van der Waals surface area contributed by atoms with Crippen LogP contribution in [0.25, 0.3) is 22.3 Å². The summed E-state index contributed by atoms with van der Waals surface area (Å²) >= 11 is 1.64. The number of amides is 1. The van der Waals surface area contributed by atoms with E-state index < -0.39 is 0 Å². The molecular formula is C21H18N4O2S. The Balaban J connectivity index is 1.44. The quantitative estimate of drug-likeness (QED) is 0.531. The normalized spacial score (nSPS) is 14.6. The third-order valence-corrected chi connectivity index (χ3v) is 5.68.